The lowest BCUT2D eigenvalue weighted by atomic mass is 10.1. The molecule has 0 bridgehead atoms. The van der Waals surface area contributed by atoms with Gasteiger partial charge in [0.15, 0.2) is 5.16 Å². The van der Waals surface area contributed by atoms with Crippen molar-refractivity contribution < 1.29 is 9.53 Å². The van der Waals surface area contributed by atoms with Gasteiger partial charge in [-0.05, 0) is 61.7 Å². The fourth-order valence-electron chi connectivity index (χ4n) is 2.94. The van der Waals surface area contributed by atoms with Gasteiger partial charge >= 0.3 is 0 Å². The second-order valence-electron chi connectivity index (χ2n) is 6.99. The normalized spacial score (nSPS) is 11.7. The van der Waals surface area contributed by atoms with E-state index in [0.29, 0.717) is 17.3 Å². The summed E-state index contributed by atoms with van der Waals surface area (Å²) in [6.07, 6.45) is 0.595. The van der Waals surface area contributed by atoms with Crippen molar-refractivity contribution in [3.63, 3.8) is 0 Å². The van der Waals surface area contributed by atoms with Crippen molar-refractivity contribution >= 4 is 23.4 Å². The van der Waals surface area contributed by atoms with E-state index in [4.69, 9.17) is 4.74 Å². The summed E-state index contributed by atoms with van der Waals surface area (Å²) in [7, 11) is 1.60. The molecular formula is C23H25N3O3S. The third-order valence-corrected chi connectivity index (χ3v) is 5.92. The summed E-state index contributed by atoms with van der Waals surface area (Å²) < 4.78 is 5.17. The number of aromatic nitrogens is 2. The van der Waals surface area contributed by atoms with Crippen molar-refractivity contribution in [2.24, 2.45) is 0 Å². The maximum absolute atomic E-state index is 12.9. The van der Waals surface area contributed by atoms with E-state index in [-0.39, 0.29) is 16.7 Å². The SMILES string of the molecule is CCC(Sc1nc(-c2ccc(OC)cc2)cc(=O)[nH]1)C(=O)Nc1cc(C)ccc1C. The number of anilines is 1. The van der Waals surface area contributed by atoms with Gasteiger partial charge in [0.1, 0.15) is 5.75 Å². The molecule has 0 fully saturated rings. The second kappa shape index (κ2) is 9.63. The first-order valence-electron chi connectivity index (χ1n) is 9.70. The number of rotatable bonds is 7. The third kappa shape index (κ3) is 5.30. The van der Waals surface area contributed by atoms with Crippen molar-refractivity contribution in [3.8, 4) is 17.0 Å². The summed E-state index contributed by atoms with van der Waals surface area (Å²) in [5.41, 5.74) is 3.97. The van der Waals surface area contributed by atoms with Crippen molar-refractivity contribution in [2.45, 2.75) is 37.6 Å². The summed E-state index contributed by atoms with van der Waals surface area (Å²) >= 11 is 1.25. The number of ether oxygens (including phenoxy) is 1. The fraction of sp³-hybridized carbons (Fsp3) is 0.261. The molecule has 6 nitrogen and oxygen atoms in total. The number of hydrogen-bond acceptors (Lipinski definition) is 5. The van der Waals surface area contributed by atoms with Gasteiger partial charge in [0.05, 0.1) is 18.1 Å². The second-order valence-corrected chi connectivity index (χ2v) is 8.18. The highest BCUT2D eigenvalue weighted by atomic mass is 32.2. The van der Waals surface area contributed by atoms with E-state index in [1.165, 1.54) is 17.8 Å². The van der Waals surface area contributed by atoms with Crippen LogP contribution >= 0.6 is 11.8 Å². The van der Waals surface area contributed by atoms with Crippen LogP contribution in [0.5, 0.6) is 5.75 Å². The van der Waals surface area contributed by atoms with E-state index in [2.05, 4.69) is 15.3 Å². The van der Waals surface area contributed by atoms with Gasteiger partial charge in [-0.25, -0.2) is 4.98 Å². The van der Waals surface area contributed by atoms with Crippen LogP contribution in [0.4, 0.5) is 5.69 Å². The van der Waals surface area contributed by atoms with Crippen LogP contribution in [-0.4, -0.2) is 28.2 Å². The van der Waals surface area contributed by atoms with Crippen LogP contribution in [0.15, 0.2) is 58.5 Å². The average molecular weight is 424 g/mol. The lowest BCUT2D eigenvalue weighted by molar-refractivity contribution is -0.115. The first-order valence-corrected chi connectivity index (χ1v) is 10.6. The van der Waals surface area contributed by atoms with Gasteiger partial charge in [0.25, 0.3) is 5.56 Å². The van der Waals surface area contributed by atoms with Crippen LogP contribution in [0.2, 0.25) is 0 Å². The van der Waals surface area contributed by atoms with Gasteiger partial charge in [0.2, 0.25) is 5.91 Å². The number of methoxy groups -OCH3 is 1. The van der Waals surface area contributed by atoms with Crippen molar-refractivity contribution in [1.29, 1.82) is 0 Å². The monoisotopic (exact) mass is 423 g/mol. The third-order valence-electron chi connectivity index (χ3n) is 4.67. The summed E-state index contributed by atoms with van der Waals surface area (Å²) in [4.78, 5) is 32.3. The molecule has 1 atom stereocenters. The predicted octanol–water partition coefficient (Wildman–Crippen LogP) is 4.57. The van der Waals surface area contributed by atoms with Crippen LogP contribution < -0.4 is 15.6 Å². The first kappa shape index (κ1) is 21.6. The molecule has 0 saturated carbocycles. The van der Waals surface area contributed by atoms with E-state index in [1.54, 1.807) is 7.11 Å². The Balaban J connectivity index is 1.80. The molecule has 1 amide bonds. The fourth-order valence-corrected chi connectivity index (χ4v) is 3.85. The van der Waals surface area contributed by atoms with Crippen LogP contribution in [0.3, 0.4) is 0 Å². The maximum atomic E-state index is 12.9. The van der Waals surface area contributed by atoms with Crippen LogP contribution in [-0.2, 0) is 4.79 Å². The van der Waals surface area contributed by atoms with Gasteiger partial charge in [0, 0.05) is 17.3 Å². The number of nitrogens with one attached hydrogen (secondary N) is 2. The van der Waals surface area contributed by atoms with E-state index in [0.717, 1.165) is 28.1 Å². The lowest BCUT2D eigenvalue weighted by Crippen LogP contribution is -2.25. The van der Waals surface area contributed by atoms with Gasteiger partial charge in [-0.2, -0.15) is 0 Å². The molecule has 0 radical (unpaired) electrons. The molecule has 2 aromatic carbocycles. The molecule has 0 aliphatic rings. The summed E-state index contributed by atoms with van der Waals surface area (Å²) in [5, 5.41) is 3.03. The smallest absolute Gasteiger partial charge is 0.252 e. The van der Waals surface area contributed by atoms with E-state index in [9.17, 15) is 9.59 Å². The van der Waals surface area contributed by atoms with Gasteiger partial charge in [-0.3, -0.25) is 9.59 Å². The Morgan fingerprint density at radius 3 is 2.57 bits per heavy atom. The van der Waals surface area contributed by atoms with Crippen molar-refractivity contribution in [3.05, 3.63) is 70.0 Å². The van der Waals surface area contributed by atoms with E-state index in [1.807, 2.05) is 63.2 Å². The zero-order valence-electron chi connectivity index (χ0n) is 17.5. The quantitative estimate of drug-likeness (QED) is 0.429. The number of aryl methyl sites for hydroxylation is 2. The molecule has 3 rings (SSSR count). The molecule has 1 unspecified atom stereocenters. The van der Waals surface area contributed by atoms with Gasteiger partial charge in [-0.15, -0.1) is 0 Å². The number of hydrogen-bond donors (Lipinski definition) is 2. The Bertz CT molecular complexity index is 1090. The molecule has 156 valence electrons. The number of H-pyrrole nitrogens is 1. The number of nitrogens with zero attached hydrogens (tertiary/aromatic N) is 1. The Labute approximate surface area is 180 Å². The Morgan fingerprint density at radius 2 is 1.90 bits per heavy atom. The van der Waals surface area contributed by atoms with Crippen LogP contribution in [0.25, 0.3) is 11.3 Å². The van der Waals surface area contributed by atoms with E-state index < -0.39 is 0 Å². The standard InChI is InChI=1S/C23H25N3O3S/c1-5-20(22(28)24-18-12-14(2)6-7-15(18)3)30-23-25-19(13-21(27)26-23)16-8-10-17(29-4)11-9-16/h6-13,20H,5H2,1-4H3,(H,24,28)(H,25,26,27). The number of carbonyl (C=O) groups is 1. The Hall–Kier alpha value is -3.06. The minimum atomic E-state index is -0.390. The van der Waals surface area contributed by atoms with Crippen molar-refractivity contribution in [2.75, 3.05) is 12.4 Å². The number of benzene rings is 2. The first-order chi connectivity index (χ1) is 14.4. The van der Waals surface area contributed by atoms with Gasteiger partial charge in [-0.1, -0.05) is 30.8 Å². The number of carbonyl (C=O) groups excluding carboxylic acids is 1. The minimum Gasteiger partial charge on any atom is -0.497 e. The molecular weight excluding hydrogens is 398 g/mol. The van der Waals surface area contributed by atoms with Gasteiger partial charge < -0.3 is 15.0 Å². The topological polar surface area (TPSA) is 84.1 Å². The highest BCUT2D eigenvalue weighted by Gasteiger charge is 2.20. The van der Waals surface area contributed by atoms with Crippen molar-refractivity contribution in [1.82, 2.24) is 9.97 Å². The molecule has 0 spiro atoms. The molecule has 30 heavy (non-hydrogen) atoms. The molecule has 1 aromatic heterocycles. The largest absolute Gasteiger partial charge is 0.497 e. The molecule has 1 heterocycles. The summed E-state index contributed by atoms with van der Waals surface area (Å²) in [6.45, 7) is 5.88. The number of thioether (sulfide) groups is 1. The highest BCUT2D eigenvalue weighted by Crippen LogP contribution is 2.26. The molecule has 7 heteroatoms. The van der Waals surface area contributed by atoms with Crippen LogP contribution in [0, 0.1) is 13.8 Å². The zero-order valence-corrected chi connectivity index (χ0v) is 18.3. The lowest BCUT2D eigenvalue weighted by Gasteiger charge is -2.16. The minimum absolute atomic E-state index is 0.117. The Kier molecular flexibility index (Phi) is 6.95. The maximum Gasteiger partial charge on any atom is 0.252 e. The zero-order chi connectivity index (χ0) is 21.7. The summed E-state index contributed by atoms with van der Waals surface area (Å²) in [6, 6.07) is 14.7. The van der Waals surface area contributed by atoms with Crippen LogP contribution in [0.1, 0.15) is 24.5 Å². The molecule has 0 aliphatic carbocycles. The number of aromatic amines is 1. The van der Waals surface area contributed by atoms with E-state index >= 15 is 0 Å². The molecule has 2 N–H and O–H groups in total. The molecule has 3 aromatic rings. The molecule has 0 aliphatic heterocycles. The summed E-state index contributed by atoms with van der Waals surface area (Å²) in [5.74, 6) is 0.612. The Morgan fingerprint density at radius 1 is 1.17 bits per heavy atom. The number of amides is 1. The highest BCUT2D eigenvalue weighted by molar-refractivity contribution is 8.00. The predicted molar refractivity (Wildman–Crippen MR) is 121 cm³/mol. The average Bonchev–Trinajstić information content (AvgIpc) is 2.74. The molecule has 0 saturated heterocycles.